The van der Waals surface area contributed by atoms with Crippen LogP contribution in [0, 0.1) is 5.41 Å². The SMILES string of the molecule is COC(=O)C12CC(c3ccccn3)(C1)C2. The topological polar surface area (TPSA) is 39.2 Å². The Hall–Kier alpha value is -1.38. The number of hydrogen-bond donors (Lipinski definition) is 0. The number of hydrogen-bond acceptors (Lipinski definition) is 3. The number of esters is 1. The Morgan fingerprint density at radius 3 is 2.67 bits per heavy atom. The van der Waals surface area contributed by atoms with Crippen molar-refractivity contribution in [3.63, 3.8) is 0 Å². The summed E-state index contributed by atoms with van der Waals surface area (Å²) in [5.41, 5.74) is 1.16. The molecule has 4 rings (SSSR count). The van der Waals surface area contributed by atoms with Crippen LogP contribution in [0.5, 0.6) is 0 Å². The highest BCUT2D eigenvalue weighted by Crippen LogP contribution is 2.73. The highest BCUT2D eigenvalue weighted by molar-refractivity contribution is 5.82. The summed E-state index contributed by atoms with van der Waals surface area (Å²) in [6.07, 6.45) is 4.58. The van der Waals surface area contributed by atoms with E-state index in [1.165, 1.54) is 7.11 Å². The molecule has 3 aliphatic carbocycles. The number of carbonyl (C=O) groups excluding carboxylic acids is 1. The Bertz CT molecular complexity index is 393. The van der Waals surface area contributed by atoms with Crippen LogP contribution in [0.1, 0.15) is 25.0 Å². The smallest absolute Gasteiger partial charge is 0.311 e. The number of nitrogens with zero attached hydrogens (tertiary/aromatic N) is 1. The van der Waals surface area contributed by atoms with E-state index in [2.05, 4.69) is 11.1 Å². The molecule has 3 aliphatic rings. The maximum Gasteiger partial charge on any atom is 0.311 e. The lowest BCUT2D eigenvalue weighted by atomic mass is 9.34. The summed E-state index contributed by atoms with van der Waals surface area (Å²) in [5, 5.41) is 0. The first-order valence-corrected chi connectivity index (χ1v) is 5.21. The molecule has 0 aliphatic heterocycles. The second-order valence-electron chi connectivity index (χ2n) is 4.80. The molecule has 3 fully saturated rings. The van der Waals surface area contributed by atoms with E-state index >= 15 is 0 Å². The second-order valence-corrected chi connectivity index (χ2v) is 4.80. The molecule has 0 N–H and O–H groups in total. The fourth-order valence-electron chi connectivity index (χ4n) is 3.17. The van der Waals surface area contributed by atoms with E-state index in [0.29, 0.717) is 0 Å². The van der Waals surface area contributed by atoms with Crippen molar-refractivity contribution in [2.75, 3.05) is 7.11 Å². The summed E-state index contributed by atoms with van der Waals surface area (Å²) in [6, 6.07) is 5.99. The third-order valence-corrected chi connectivity index (χ3v) is 3.86. The van der Waals surface area contributed by atoms with Gasteiger partial charge < -0.3 is 4.74 Å². The van der Waals surface area contributed by atoms with Gasteiger partial charge in [0.1, 0.15) is 0 Å². The second kappa shape index (κ2) is 2.60. The molecule has 0 spiro atoms. The number of rotatable bonds is 2. The Morgan fingerprint density at radius 2 is 2.13 bits per heavy atom. The molecule has 78 valence electrons. The van der Waals surface area contributed by atoms with Crippen molar-refractivity contribution >= 4 is 5.97 Å². The van der Waals surface area contributed by atoms with Crippen LogP contribution in [-0.4, -0.2) is 18.1 Å². The molecule has 1 aromatic heterocycles. The molecule has 1 heterocycles. The molecular formula is C12H13NO2. The fourth-order valence-corrected chi connectivity index (χ4v) is 3.17. The number of methoxy groups -OCH3 is 1. The lowest BCUT2D eigenvalue weighted by molar-refractivity contribution is -0.198. The summed E-state index contributed by atoms with van der Waals surface area (Å²) in [5.74, 6) is -0.0414. The summed E-state index contributed by atoms with van der Waals surface area (Å²) in [7, 11) is 1.47. The monoisotopic (exact) mass is 203 g/mol. The van der Waals surface area contributed by atoms with Gasteiger partial charge in [-0.15, -0.1) is 0 Å². The van der Waals surface area contributed by atoms with E-state index in [1.807, 2.05) is 18.3 Å². The fraction of sp³-hybridized carbons (Fsp3) is 0.500. The molecule has 0 amide bonds. The molecule has 3 saturated carbocycles. The van der Waals surface area contributed by atoms with Gasteiger partial charge in [-0.25, -0.2) is 0 Å². The molecule has 1 aromatic rings. The van der Waals surface area contributed by atoms with E-state index in [1.54, 1.807) is 0 Å². The van der Waals surface area contributed by atoms with Crippen LogP contribution in [0.15, 0.2) is 24.4 Å². The molecule has 15 heavy (non-hydrogen) atoms. The van der Waals surface area contributed by atoms with Crippen molar-refractivity contribution in [1.29, 1.82) is 0 Å². The van der Waals surface area contributed by atoms with Gasteiger partial charge in [0.2, 0.25) is 0 Å². The van der Waals surface area contributed by atoms with Crippen molar-refractivity contribution in [1.82, 2.24) is 4.98 Å². The van der Waals surface area contributed by atoms with Gasteiger partial charge in [0.15, 0.2) is 0 Å². The normalized spacial score (nSPS) is 36.3. The average Bonchev–Trinajstić information content (AvgIpc) is 2.15. The predicted octanol–water partition coefficient (Wildman–Crippen LogP) is 1.68. The van der Waals surface area contributed by atoms with E-state index in [0.717, 1.165) is 25.0 Å². The first kappa shape index (κ1) is 8.89. The van der Waals surface area contributed by atoms with Gasteiger partial charge in [-0.3, -0.25) is 9.78 Å². The van der Waals surface area contributed by atoms with E-state index in [-0.39, 0.29) is 16.8 Å². The molecule has 2 bridgehead atoms. The van der Waals surface area contributed by atoms with Crippen molar-refractivity contribution in [2.45, 2.75) is 24.7 Å². The molecule has 0 unspecified atom stereocenters. The number of ether oxygens (including phenoxy) is 1. The highest BCUT2D eigenvalue weighted by Gasteiger charge is 2.73. The number of pyridine rings is 1. The molecular weight excluding hydrogens is 190 g/mol. The largest absolute Gasteiger partial charge is 0.469 e. The quantitative estimate of drug-likeness (QED) is 0.686. The van der Waals surface area contributed by atoms with E-state index in [4.69, 9.17) is 4.74 Å². The van der Waals surface area contributed by atoms with Crippen molar-refractivity contribution in [2.24, 2.45) is 5.41 Å². The molecule has 3 heteroatoms. The van der Waals surface area contributed by atoms with Crippen molar-refractivity contribution < 1.29 is 9.53 Å². The van der Waals surface area contributed by atoms with Gasteiger partial charge in [-0.1, -0.05) is 6.07 Å². The summed E-state index contributed by atoms with van der Waals surface area (Å²) in [6.45, 7) is 0. The van der Waals surface area contributed by atoms with Crippen molar-refractivity contribution in [3.05, 3.63) is 30.1 Å². The first-order valence-electron chi connectivity index (χ1n) is 5.21. The van der Waals surface area contributed by atoms with Gasteiger partial charge in [0.05, 0.1) is 12.5 Å². The van der Waals surface area contributed by atoms with Crippen LogP contribution in [0.2, 0.25) is 0 Å². The van der Waals surface area contributed by atoms with Crippen LogP contribution in [0.4, 0.5) is 0 Å². The third kappa shape index (κ3) is 0.954. The van der Waals surface area contributed by atoms with Gasteiger partial charge in [-0.2, -0.15) is 0 Å². The molecule has 0 aromatic carbocycles. The average molecular weight is 203 g/mol. The van der Waals surface area contributed by atoms with E-state index in [9.17, 15) is 4.79 Å². The molecule has 0 radical (unpaired) electrons. The van der Waals surface area contributed by atoms with E-state index < -0.39 is 0 Å². The summed E-state index contributed by atoms with van der Waals surface area (Å²) < 4.78 is 4.82. The highest BCUT2D eigenvalue weighted by atomic mass is 16.5. The molecule has 3 nitrogen and oxygen atoms in total. The summed E-state index contributed by atoms with van der Waals surface area (Å²) in [4.78, 5) is 15.9. The lowest BCUT2D eigenvalue weighted by Gasteiger charge is -2.68. The Labute approximate surface area is 88.5 Å². The van der Waals surface area contributed by atoms with Gasteiger partial charge >= 0.3 is 5.97 Å². The number of aromatic nitrogens is 1. The Balaban J connectivity index is 1.79. The maximum atomic E-state index is 11.5. The minimum absolute atomic E-state index is 0.0414. The number of carbonyl (C=O) groups is 1. The maximum absolute atomic E-state index is 11.5. The summed E-state index contributed by atoms with van der Waals surface area (Å²) >= 11 is 0. The zero-order chi connectivity index (χ0) is 10.5. The van der Waals surface area contributed by atoms with Crippen LogP contribution >= 0.6 is 0 Å². The molecule has 0 saturated heterocycles. The zero-order valence-electron chi connectivity index (χ0n) is 8.69. The van der Waals surface area contributed by atoms with Crippen LogP contribution in [0.3, 0.4) is 0 Å². The zero-order valence-corrected chi connectivity index (χ0v) is 8.69. The van der Waals surface area contributed by atoms with Gasteiger partial charge in [0.25, 0.3) is 0 Å². The minimum atomic E-state index is -0.160. The predicted molar refractivity (Wildman–Crippen MR) is 54.2 cm³/mol. The van der Waals surface area contributed by atoms with Crippen LogP contribution < -0.4 is 0 Å². The van der Waals surface area contributed by atoms with Gasteiger partial charge in [-0.05, 0) is 31.4 Å². The van der Waals surface area contributed by atoms with Crippen LogP contribution in [-0.2, 0) is 14.9 Å². The van der Waals surface area contributed by atoms with Crippen molar-refractivity contribution in [3.8, 4) is 0 Å². The third-order valence-electron chi connectivity index (χ3n) is 3.86. The minimum Gasteiger partial charge on any atom is -0.469 e. The first-order chi connectivity index (χ1) is 7.21. The van der Waals surface area contributed by atoms with Gasteiger partial charge in [0, 0.05) is 17.3 Å². The molecule has 0 atom stereocenters. The Kier molecular flexibility index (Phi) is 1.54. The standard InChI is InChI=1S/C12H13NO2/c1-15-10(14)12-6-11(7-12,8-12)9-4-2-3-5-13-9/h2-5H,6-8H2,1H3. The lowest BCUT2D eigenvalue weighted by Crippen LogP contribution is -2.68. The van der Waals surface area contributed by atoms with Crippen LogP contribution in [0.25, 0.3) is 0 Å². The Morgan fingerprint density at radius 1 is 1.40 bits per heavy atom.